The summed E-state index contributed by atoms with van der Waals surface area (Å²) in [5, 5.41) is 11.5. The van der Waals surface area contributed by atoms with Crippen LogP contribution in [-0.2, 0) is 5.60 Å². The molecule has 0 aliphatic carbocycles. The van der Waals surface area contributed by atoms with Crippen molar-refractivity contribution in [3.05, 3.63) is 34.3 Å². The first-order valence-corrected chi connectivity index (χ1v) is 7.03. The summed E-state index contributed by atoms with van der Waals surface area (Å²) in [6.07, 6.45) is 1.56. The second kappa shape index (κ2) is 5.20. The highest BCUT2D eigenvalue weighted by Gasteiger charge is 2.34. The molecule has 2 nitrogen and oxygen atoms in total. The van der Waals surface area contributed by atoms with Crippen LogP contribution in [0.15, 0.2) is 18.2 Å². The van der Waals surface area contributed by atoms with Gasteiger partial charge < -0.3 is 10.0 Å². The van der Waals surface area contributed by atoms with Crippen molar-refractivity contribution in [3.8, 4) is 0 Å². The quantitative estimate of drug-likeness (QED) is 0.888. The topological polar surface area (TPSA) is 23.5 Å². The van der Waals surface area contributed by atoms with Crippen molar-refractivity contribution >= 4 is 11.6 Å². The Morgan fingerprint density at radius 2 is 1.89 bits per heavy atom. The number of rotatable bonds is 2. The molecule has 3 heteroatoms. The first-order valence-electron chi connectivity index (χ1n) is 6.65. The van der Waals surface area contributed by atoms with E-state index in [1.165, 1.54) is 0 Å². The Morgan fingerprint density at radius 1 is 1.28 bits per heavy atom. The van der Waals surface area contributed by atoms with Gasteiger partial charge in [0.1, 0.15) is 0 Å². The number of benzene rings is 1. The Hall–Kier alpha value is -0.570. The van der Waals surface area contributed by atoms with Gasteiger partial charge in [-0.3, -0.25) is 0 Å². The summed E-state index contributed by atoms with van der Waals surface area (Å²) in [5.74, 6) is 0. The second-order valence-corrected chi connectivity index (χ2v) is 6.03. The first kappa shape index (κ1) is 13.9. The fourth-order valence-electron chi connectivity index (χ4n) is 2.58. The number of nitrogens with zero attached hydrogens (tertiary/aromatic N) is 1. The number of piperidine rings is 1. The lowest BCUT2D eigenvalue weighted by Crippen LogP contribution is -2.45. The standard InChI is InChI=1S/C15H22ClNO/c1-11(2)17-8-6-15(18,7-9-17)13-5-4-12(3)14(16)10-13/h4-5,10-11,18H,6-9H2,1-3H3. The van der Waals surface area contributed by atoms with Gasteiger partial charge in [0, 0.05) is 24.2 Å². The van der Waals surface area contributed by atoms with Crippen molar-refractivity contribution in [2.75, 3.05) is 13.1 Å². The number of likely N-dealkylation sites (tertiary alicyclic amines) is 1. The number of hydrogen-bond donors (Lipinski definition) is 1. The molecule has 1 aromatic carbocycles. The van der Waals surface area contributed by atoms with E-state index in [1.807, 2.05) is 25.1 Å². The lowest BCUT2D eigenvalue weighted by Gasteiger charge is -2.40. The molecule has 1 N–H and O–H groups in total. The number of halogens is 1. The zero-order valence-corrected chi connectivity index (χ0v) is 12.2. The van der Waals surface area contributed by atoms with Crippen LogP contribution in [0.2, 0.25) is 5.02 Å². The molecule has 0 unspecified atom stereocenters. The lowest BCUT2D eigenvalue weighted by atomic mass is 9.84. The Kier molecular flexibility index (Phi) is 4.00. The van der Waals surface area contributed by atoms with Crippen molar-refractivity contribution in [1.82, 2.24) is 4.90 Å². The van der Waals surface area contributed by atoms with E-state index in [2.05, 4.69) is 18.7 Å². The van der Waals surface area contributed by atoms with E-state index in [4.69, 9.17) is 11.6 Å². The molecule has 2 rings (SSSR count). The van der Waals surface area contributed by atoms with Crippen LogP contribution in [0.1, 0.15) is 37.8 Å². The average Bonchev–Trinajstić information content (AvgIpc) is 2.33. The van der Waals surface area contributed by atoms with Crippen LogP contribution >= 0.6 is 11.6 Å². The maximum atomic E-state index is 10.8. The van der Waals surface area contributed by atoms with Gasteiger partial charge in [0.25, 0.3) is 0 Å². The molecule has 18 heavy (non-hydrogen) atoms. The van der Waals surface area contributed by atoms with Crippen LogP contribution in [0.25, 0.3) is 0 Å². The van der Waals surface area contributed by atoms with E-state index in [9.17, 15) is 5.11 Å². The minimum absolute atomic E-state index is 0.552. The van der Waals surface area contributed by atoms with Crippen LogP contribution in [0.4, 0.5) is 0 Å². The third-order valence-electron chi connectivity index (χ3n) is 4.06. The third-order valence-corrected chi connectivity index (χ3v) is 4.47. The molecule has 0 radical (unpaired) electrons. The van der Waals surface area contributed by atoms with Gasteiger partial charge in [0.2, 0.25) is 0 Å². The molecular weight excluding hydrogens is 246 g/mol. The normalized spacial score (nSPS) is 20.3. The minimum Gasteiger partial charge on any atom is -0.385 e. The molecule has 0 bridgehead atoms. The molecule has 0 aromatic heterocycles. The Morgan fingerprint density at radius 3 is 2.39 bits per heavy atom. The fraction of sp³-hybridized carbons (Fsp3) is 0.600. The third kappa shape index (κ3) is 2.71. The molecular formula is C15H22ClNO. The van der Waals surface area contributed by atoms with Gasteiger partial charge in [-0.25, -0.2) is 0 Å². The highest BCUT2D eigenvalue weighted by atomic mass is 35.5. The van der Waals surface area contributed by atoms with E-state index in [0.29, 0.717) is 6.04 Å². The van der Waals surface area contributed by atoms with Gasteiger partial charge in [0.15, 0.2) is 0 Å². The second-order valence-electron chi connectivity index (χ2n) is 5.63. The summed E-state index contributed by atoms with van der Waals surface area (Å²) in [5.41, 5.74) is 1.31. The van der Waals surface area contributed by atoms with Gasteiger partial charge in [-0.05, 0) is 50.8 Å². The minimum atomic E-state index is -0.706. The van der Waals surface area contributed by atoms with Crippen molar-refractivity contribution in [1.29, 1.82) is 0 Å². The lowest BCUT2D eigenvalue weighted by molar-refractivity contribution is -0.0323. The maximum Gasteiger partial charge on any atom is 0.0921 e. The molecule has 1 saturated heterocycles. The van der Waals surface area contributed by atoms with Crippen LogP contribution in [0, 0.1) is 6.92 Å². The molecule has 0 saturated carbocycles. The Labute approximate surface area is 115 Å². The summed E-state index contributed by atoms with van der Waals surface area (Å²) in [7, 11) is 0. The highest BCUT2D eigenvalue weighted by Crippen LogP contribution is 2.35. The zero-order chi connectivity index (χ0) is 13.3. The van der Waals surface area contributed by atoms with Gasteiger partial charge in [-0.1, -0.05) is 23.7 Å². The van der Waals surface area contributed by atoms with E-state index in [1.54, 1.807) is 0 Å². The smallest absolute Gasteiger partial charge is 0.0921 e. The van der Waals surface area contributed by atoms with Crippen molar-refractivity contribution < 1.29 is 5.11 Å². The van der Waals surface area contributed by atoms with E-state index >= 15 is 0 Å². The van der Waals surface area contributed by atoms with Gasteiger partial charge >= 0.3 is 0 Å². The Balaban J connectivity index is 2.15. The summed E-state index contributed by atoms with van der Waals surface area (Å²) >= 11 is 6.15. The molecule has 1 aromatic rings. The summed E-state index contributed by atoms with van der Waals surface area (Å²) < 4.78 is 0. The number of aliphatic hydroxyl groups is 1. The summed E-state index contributed by atoms with van der Waals surface area (Å²) in [4.78, 5) is 2.41. The predicted octanol–water partition coefficient (Wildman–Crippen LogP) is 3.34. The first-order chi connectivity index (χ1) is 8.42. The molecule has 1 heterocycles. The zero-order valence-electron chi connectivity index (χ0n) is 11.4. The molecule has 1 aliphatic heterocycles. The SMILES string of the molecule is Cc1ccc(C2(O)CCN(C(C)C)CC2)cc1Cl. The van der Waals surface area contributed by atoms with Crippen LogP contribution < -0.4 is 0 Å². The van der Waals surface area contributed by atoms with E-state index in [-0.39, 0.29) is 0 Å². The largest absolute Gasteiger partial charge is 0.385 e. The number of hydrogen-bond acceptors (Lipinski definition) is 2. The number of aryl methyl sites for hydroxylation is 1. The molecule has 0 atom stereocenters. The molecule has 1 aliphatic rings. The van der Waals surface area contributed by atoms with E-state index in [0.717, 1.165) is 42.1 Å². The maximum absolute atomic E-state index is 10.8. The molecule has 0 spiro atoms. The summed E-state index contributed by atoms with van der Waals surface area (Å²) in [6, 6.07) is 6.47. The van der Waals surface area contributed by atoms with Crippen LogP contribution in [0.3, 0.4) is 0 Å². The van der Waals surface area contributed by atoms with Crippen molar-refractivity contribution in [2.45, 2.75) is 45.3 Å². The summed E-state index contributed by atoms with van der Waals surface area (Å²) in [6.45, 7) is 8.27. The predicted molar refractivity (Wildman–Crippen MR) is 76.0 cm³/mol. The van der Waals surface area contributed by atoms with E-state index < -0.39 is 5.60 Å². The fourth-order valence-corrected chi connectivity index (χ4v) is 2.76. The van der Waals surface area contributed by atoms with Gasteiger partial charge in [-0.15, -0.1) is 0 Å². The van der Waals surface area contributed by atoms with Gasteiger partial charge in [-0.2, -0.15) is 0 Å². The highest BCUT2D eigenvalue weighted by molar-refractivity contribution is 6.31. The van der Waals surface area contributed by atoms with Crippen LogP contribution in [-0.4, -0.2) is 29.1 Å². The monoisotopic (exact) mass is 267 g/mol. The average molecular weight is 268 g/mol. The van der Waals surface area contributed by atoms with Gasteiger partial charge in [0.05, 0.1) is 5.60 Å². The van der Waals surface area contributed by atoms with Crippen LogP contribution in [0.5, 0.6) is 0 Å². The molecule has 1 fully saturated rings. The molecule has 100 valence electrons. The Bertz CT molecular complexity index is 423. The van der Waals surface area contributed by atoms with Crippen molar-refractivity contribution in [2.24, 2.45) is 0 Å². The van der Waals surface area contributed by atoms with Crippen molar-refractivity contribution in [3.63, 3.8) is 0 Å². The molecule has 0 amide bonds.